The van der Waals surface area contributed by atoms with Gasteiger partial charge < -0.3 is 14.9 Å². The van der Waals surface area contributed by atoms with E-state index in [1.807, 2.05) is 0 Å². The van der Waals surface area contributed by atoms with Gasteiger partial charge in [-0.05, 0) is 12.3 Å². The minimum Gasteiger partial charge on any atom is -0.503 e. The van der Waals surface area contributed by atoms with Crippen LogP contribution in [0.1, 0.15) is 49.0 Å². The van der Waals surface area contributed by atoms with Crippen LogP contribution in [-0.4, -0.2) is 27.8 Å². The van der Waals surface area contributed by atoms with Crippen molar-refractivity contribution >= 4 is 5.97 Å². The molecule has 5 nitrogen and oxygen atoms in total. The minimum atomic E-state index is -1.25. The van der Waals surface area contributed by atoms with Gasteiger partial charge in [0.2, 0.25) is 0 Å². The summed E-state index contributed by atoms with van der Waals surface area (Å²) in [6, 6.07) is 1.49. The lowest BCUT2D eigenvalue weighted by molar-refractivity contribution is 0.0686. The highest BCUT2D eigenvalue weighted by Crippen LogP contribution is 2.30. The first kappa shape index (κ1) is 13.6. The number of aromatic carboxylic acids is 1. The number of hydrogen-bond donors (Lipinski definition) is 2. The van der Waals surface area contributed by atoms with Gasteiger partial charge in [-0.3, -0.25) is 0 Å². The van der Waals surface area contributed by atoms with Gasteiger partial charge in [-0.1, -0.05) is 32.1 Å². The Morgan fingerprint density at radius 1 is 1.37 bits per heavy atom. The molecule has 0 bridgehead atoms. The Hall–Kier alpha value is -1.78. The largest absolute Gasteiger partial charge is 0.503 e. The number of carbonyl (C=O) groups is 1. The van der Waals surface area contributed by atoms with E-state index < -0.39 is 11.7 Å². The molecular formula is C14H19NO4. The van der Waals surface area contributed by atoms with E-state index in [4.69, 9.17) is 9.84 Å². The SMILES string of the molecule is O=C(O)c1nccc(OCCC2CCCCC2)c1O. The number of ether oxygens (including phenoxy) is 1. The van der Waals surface area contributed by atoms with Crippen LogP contribution in [0.15, 0.2) is 12.3 Å². The summed E-state index contributed by atoms with van der Waals surface area (Å²) in [6.07, 6.45) is 8.66. The van der Waals surface area contributed by atoms with Crippen LogP contribution < -0.4 is 4.74 Å². The molecule has 0 unspecified atom stereocenters. The molecule has 0 aromatic carbocycles. The normalized spacial score (nSPS) is 16.2. The average Bonchev–Trinajstić information content (AvgIpc) is 2.41. The summed E-state index contributed by atoms with van der Waals surface area (Å²) in [7, 11) is 0. The molecule has 1 heterocycles. The highest BCUT2D eigenvalue weighted by Gasteiger charge is 2.17. The van der Waals surface area contributed by atoms with Gasteiger partial charge in [0.25, 0.3) is 0 Å². The van der Waals surface area contributed by atoms with Crippen molar-refractivity contribution in [2.45, 2.75) is 38.5 Å². The quantitative estimate of drug-likeness (QED) is 0.855. The zero-order valence-electron chi connectivity index (χ0n) is 10.8. The predicted octanol–water partition coefficient (Wildman–Crippen LogP) is 2.83. The van der Waals surface area contributed by atoms with Crippen LogP contribution >= 0.6 is 0 Å². The van der Waals surface area contributed by atoms with Crippen LogP contribution in [0.5, 0.6) is 11.5 Å². The number of carboxylic acid groups (broad SMARTS) is 1. The van der Waals surface area contributed by atoms with E-state index in [1.165, 1.54) is 44.4 Å². The fourth-order valence-corrected chi connectivity index (χ4v) is 2.52. The Morgan fingerprint density at radius 2 is 2.11 bits per heavy atom. The van der Waals surface area contributed by atoms with Gasteiger partial charge >= 0.3 is 5.97 Å². The molecule has 1 fully saturated rings. The van der Waals surface area contributed by atoms with E-state index in [9.17, 15) is 9.90 Å². The zero-order valence-corrected chi connectivity index (χ0v) is 10.8. The van der Waals surface area contributed by atoms with Gasteiger partial charge in [0.15, 0.2) is 17.2 Å². The van der Waals surface area contributed by atoms with Crippen molar-refractivity contribution in [1.82, 2.24) is 4.98 Å². The lowest BCUT2D eigenvalue weighted by Gasteiger charge is -2.21. The summed E-state index contributed by atoms with van der Waals surface area (Å²) in [5.41, 5.74) is -0.366. The van der Waals surface area contributed by atoms with Crippen molar-refractivity contribution < 1.29 is 19.7 Å². The first-order chi connectivity index (χ1) is 9.18. The molecule has 1 aromatic heterocycles. The number of hydrogen-bond acceptors (Lipinski definition) is 4. The second-order valence-electron chi connectivity index (χ2n) is 4.95. The van der Waals surface area contributed by atoms with Crippen molar-refractivity contribution in [2.24, 2.45) is 5.92 Å². The Kier molecular flexibility index (Phi) is 4.60. The van der Waals surface area contributed by atoms with Crippen LogP contribution in [0, 0.1) is 5.92 Å². The molecule has 0 amide bonds. The Morgan fingerprint density at radius 3 is 2.79 bits per heavy atom. The lowest BCUT2D eigenvalue weighted by atomic mass is 9.87. The molecule has 0 radical (unpaired) electrons. The fourth-order valence-electron chi connectivity index (χ4n) is 2.52. The summed E-state index contributed by atoms with van der Waals surface area (Å²) < 4.78 is 5.48. The standard InChI is InChI=1S/C14H19NO4/c16-13-11(6-8-15-12(13)14(17)18)19-9-7-10-4-2-1-3-5-10/h6,8,10,16H,1-5,7,9H2,(H,17,18). The third-order valence-corrected chi connectivity index (χ3v) is 3.60. The summed E-state index contributed by atoms with van der Waals surface area (Å²) in [4.78, 5) is 14.4. The molecule has 5 heteroatoms. The number of nitrogens with zero attached hydrogens (tertiary/aromatic N) is 1. The van der Waals surface area contributed by atoms with Gasteiger partial charge in [-0.15, -0.1) is 0 Å². The Balaban J connectivity index is 1.88. The molecule has 19 heavy (non-hydrogen) atoms. The minimum absolute atomic E-state index is 0.197. The molecular weight excluding hydrogens is 246 g/mol. The number of aromatic hydroxyl groups is 1. The summed E-state index contributed by atoms with van der Waals surface area (Å²) in [6.45, 7) is 0.501. The molecule has 1 aliphatic rings. The third kappa shape index (κ3) is 3.59. The van der Waals surface area contributed by atoms with Crippen molar-refractivity contribution in [3.8, 4) is 11.5 Å². The van der Waals surface area contributed by atoms with E-state index in [2.05, 4.69) is 4.98 Å². The van der Waals surface area contributed by atoms with Crippen LogP contribution in [-0.2, 0) is 0 Å². The van der Waals surface area contributed by atoms with Crippen LogP contribution in [0.25, 0.3) is 0 Å². The maximum Gasteiger partial charge on any atom is 0.358 e. The first-order valence-electron chi connectivity index (χ1n) is 6.72. The summed E-state index contributed by atoms with van der Waals surface area (Å²) >= 11 is 0. The first-order valence-corrected chi connectivity index (χ1v) is 6.72. The van der Waals surface area contributed by atoms with Crippen molar-refractivity contribution in [2.75, 3.05) is 6.61 Å². The molecule has 1 saturated carbocycles. The third-order valence-electron chi connectivity index (χ3n) is 3.60. The number of pyridine rings is 1. The molecule has 0 aliphatic heterocycles. The molecule has 1 aromatic rings. The van der Waals surface area contributed by atoms with Crippen molar-refractivity contribution in [3.63, 3.8) is 0 Å². The molecule has 2 N–H and O–H groups in total. The maximum atomic E-state index is 10.8. The van der Waals surface area contributed by atoms with E-state index in [-0.39, 0.29) is 11.4 Å². The van der Waals surface area contributed by atoms with Crippen LogP contribution in [0.3, 0.4) is 0 Å². The highest BCUT2D eigenvalue weighted by atomic mass is 16.5. The maximum absolute atomic E-state index is 10.8. The van der Waals surface area contributed by atoms with E-state index in [0.29, 0.717) is 12.5 Å². The molecule has 104 valence electrons. The van der Waals surface area contributed by atoms with Gasteiger partial charge in [0.1, 0.15) is 0 Å². The number of carboxylic acids is 1. The second-order valence-corrected chi connectivity index (χ2v) is 4.95. The van der Waals surface area contributed by atoms with E-state index >= 15 is 0 Å². The number of rotatable bonds is 5. The molecule has 2 rings (SSSR count). The lowest BCUT2D eigenvalue weighted by Crippen LogP contribution is -2.11. The summed E-state index contributed by atoms with van der Waals surface area (Å²) in [5, 5.41) is 18.6. The smallest absolute Gasteiger partial charge is 0.358 e. The zero-order chi connectivity index (χ0) is 13.7. The average molecular weight is 265 g/mol. The van der Waals surface area contributed by atoms with Gasteiger partial charge in [0, 0.05) is 12.3 Å². The van der Waals surface area contributed by atoms with Crippen molar-refractivity contribution in [1.29, 1.82) is 0 Å². The number of aromatic nitrogens is 1. The molecule has 0 spiro atoms. The molecule has 0 atom stereocenters. The molecule has 0 saturated heterocycles. The van der Waals surface area contributed by atoms with Gasteiger partial charge in [0.05, 0.1) is 6.61 Å². The molecule has 1 aliphatic carbocycles. The van der Waals surface area contributed by atoms with E-state index in [1.54, 1.807) is 0 Å². The van der Waals surface area contributed by atoms with Gasteiger partial charge in [-0.25, -0.2) is 9.78 Å². The summed E-state index contributed by atoms with van der Waals surface area (Å²) in [5.74, 6) is -0.756. The fraction of sp³-hybridized carbons (Fsp3) is 0.571. The predicted molar refractivity (Wildman–Crippen MR) is 69.5 cm³/mol. The highest BCUT2D eigenvalue weighted by molar-refractivity contribution is 5.89. The van der Waals surface area contributed by atoms with Gasteiger partial charge in [-0.2, -0.15) is 0 Å². The topological polar surface area (TPSA) is 79.7 Å². The Bertz CT molecular complexity index is 441. The van der Waals surface area contributed by atoms with Crippen LogP contribution in [0.4, 0.5) is 0 Å². The monoisotopic (exact) mass is 265 g/mol. The van der Waals surface area contributed by atoms with Crippen molar-refractivity contribution in [3.05, 3.63) is 18.0 Å². The van der Waals surface area contributed by atoms with E-state index in [0.717, 1.165) is 6.42 Å². The second kappa shape index (κ2) is 6.41. The van der Waals surface area contributed by atoms with Crippen LogP contribution in [0.2, 0.25) is 0 Å². The Labute approximate surface area is 112 Å².